The van der Waals surface area contributed by atoms with E-state index in [0.717, 1.165) is 25.0 Å². The molecule has 1 aliphatic rings. The fraction of sp³-hybridized carbons (Fsp3) is 0.500. The highest BCUT2D eigenvalue weighted by atomic mass is 19.1. The fourth-order valence-corrected chi connectivity index (χ4v) is 1.80. The van der Waals surface area contributed by atoms with Gasteiger partial charge >= 0.3 is 0 Å². The van der Waals surface area contributed by atoms with Crippen molar-refractivity contribution in [3.63, 3.8) is 0 Å². The number of nitrogens with one attached hydrogen (secondary N) is 1. The van der Waals surface area contributed by atoms with Gasteiger partial charge in [0, 0.05) is 18.5 Å². The molecule has 0 bridgehead atoms. The Hall–Kier alpha value is -1.67. The lowest BCUT2D eigenvalue weighted by molar-refractivity contribution is 0.256. The molecule has 0 aliphatic heterocycles. The maximum atomic E-state index is 13.3. The smallest absolute Gasteiger partial charge is 0.167 e. The fourth-order valence-electron chi connectivity index (χ4n) is 1.80. The Kier molecular flexibility index (Phi) is 4.01. The molecule has 1 aromatic carbocycles. The van der Waals surface area contributed by atoms with Crippen molar-refractivity contribution in [2.75, 3.05) is 6.61 Å². The third kappa shape index (κ3) is 3.90. The molecule has 1 fully saturated rings. The Morgan fingerprint density at radius 1 is 1.47 bits per heavy atom. The van der Waals surface area contributed by atoms with Crippen molar-refractivity contribution in [2.24, 2.45) is 0 Å². The van der Waals surface area contributed by atoms with Gasteiger partial charge in [0.25, 0.3) is 0 Å². The van der Waals surface area contributed by atoms with Gasteiger partial charge in [-0.1, -0.05) is 0 Å². The van der Waals surface area contributed by atoms with Crippen molar-refractivity contribution >= 4 is 0 Å². The van der Waals surface area contributed by atoms with E-state index in [1.807, 2.05) is 0 Å². The summed E-state index contributed by atoms with van der Waals surface area (Å²) in [5, 5.41) is 12.4. The lowest BCUT2D eigenvalue weighted by Crippen LogP contribution is -2.43. The Balaban J connectivity index is 1.86. The Morgan fingerprint density at radius 3 is 2.79 bits per heavy atom. The second kappa shape index (κ2) is 5.54. The zero-order valence-electron chi connectivity index (χ0n) is 10.7. The third-order valence-corrected chi connectivity index (χ3v) is 3.10. The molecule has 1 aromatic rings. The number of hydrogen-bond donors (Lipinski definition) is 1. The van der Waals surface area contributed by atoms with Crippen molar-refractivity contribution in [1.29, 1.82) is 5.26 Å². The first-order valence-corrected chi connectivity index (χ1v) is 6.29. The standard InChI is InChI=1S/C14H16F2N2O/c1-14(9-17,18-11-3-4-11)6-7-19-13-5-2-10(15)8-12(13)16/h2,5,8,11,18H,3-4,6-7H2,1H3. The third-order valence-electron chi connectivity index (χ3n) is 3.10. The summed E-state index contributed by atoms with van der Waals surface area (Å²) in [5.74, 6) is -1.36. The summed E-state index contributed by atoms with van der Waals surface area (Å²) in [6.07, 6.45) is 2.62. The van der Waals surface area contributed by atoms with E-state index in [-0.39, 0.29) is 12.4 Å². The van der Waals surface area contributed by atoms with Crippen LogP contribution in [-0.4, -0.2) is 18.2 Å². The van der Waals surface area contributed by atoms with Crippen LogP contribution in [0.1, 0.15) is 26.2 Å². The van der Waals surface area contributed by atoms with Gasteiger partial charge in [0.2, 0.25) is 0 Å². The minimum atomic E-state index is -0.728. The van der Waals surface area contributed by atoms with E-state index in [2.05, 4.69) is 11.4 Å². The average Bonchev–Trinajstić information content (AvgIpc) is 3.16. The first kappa shape index (κ1) is 13.8. The monoisotopic (exact) mass is 266 g/mol. The van der Waals surface area contributed by atoms with E-state index in [4.69, 9.17) is 10.00 Å². The quantitative estimate of drug-likeness (QED) is 0.861. The molecule has 0 heterocycles. The highest BCUT2D eigenvalue weighted by molar-refractivity contribution is 5.24. The van der Waals surface area contributed by atoms with Crippen molar-refractivity contribution in [3.05, 3.63) is 29.8 Å². The van der Waals surface area contributed by atoms with Crippen LogP contribution >= 0.6 is 0 Å². The molecule has 0 saturated heterocycles. The molecular formula is C14H16F2N2O. The maximum absolute atomic E-state index is 13.3. The molecule has 0 spiro atoms. The number of ether oxygens (including phenoxy) is 1. The Morgan fingerprint density at radius 2 is 2.21 bits per heavy atom. The number of hydrogen-bond acceptors (Lipinski definition) is 3. The number of nitriles is 1. The van der Waals surface area contributed by atoms with E-state index in [0.29, 0.717) is 12.5 Å². The summed E-state index contributed by atoms with van der Waals surface area (Å²) in [6, 6.07) is 5.80. The van der Waals surface area contributed by atoms with Crippen molar-refractivity contribution < 1.29 is 13.5 Å². The SMILES string of the molecule is CC(C#N)(CCOc1ccc(F)cc1F)NC1CC1. The molecule has 1 atom stereocenters. The molecule has 0 aromatic heterocycles. The van der Waals surface area contributed by atoms with Gasteiger partial charge in [-0.3, -0.25) is 5.32 Å². The predicted molar refractivity (Wildman–Crippen MR) is 66.6 cm³/mol. The lowest BCUT2D eigenvalue weighted by Gasteiger charge is -2.23. The van der Waals surface area contributed by atoms with Gasteiger partial charge in [-0.25, -0.2) is 8.78 Å². The average molecular weight is 266 g/mol. The van der Waals surface area contributed by atoms with Gasteiger partial charge in [0.15, 0.2) is 11.6 Å². The Labute approximate surface area is 111 Å². The summed E-state index contributed by atoms with van der Waals surface area (Å²) in [4.78, 5) is 0. The molecule has 19 heavy (non-hydrogen) atoms. The topological polar surface area (TPSA) is 45.0 Å². The molecule has 2 rings (SSSR count). The van der Waals surface area contributed by atoms with E-state index in [9.17, 15) is 8.78 Å². The van der Waals surface area contributed by atoms with E-state index >= 15 is 0 Å². The second-order valence-electron chi connectivity index (χ2n) is 5.04. The molecular weight excluding hydrogens is 250 g/mol. The van der Waals surface area contributed by atoms with Gasteiger partial charge in [-0.2, -0.15) is 5.26 Å². The first-order valence-electron chi connectivity index (χ1n) is 6.29. The molecule has 5 heteroatoms. The first-order chi connectivity index (χ1) is 9.02. The van der Waals surface area contributed by atoms with Gasteiger partial charge in [0.05, 0.1) is 12.7 Å². The molecule has 0 amide bonds. The van der Waals surface area contributed by atoms with Crippen molar-refractivity contribution in [3.8, 4) is 11.8 Å². The predicted octanol–water partition coefficient (Wildman–Crippen LogP) is 2.77. The molecule has 1 N–H and O–H groups in total. The number of halogens is 2. The maximum Gasteiger partial charge on any atom is 0.167 e. The number of rotatable bonds is 6. The largest absolute Gasteiger partial charge is 0.490 e. The summed E-state index contributed by atoms with van der Waals surface area (Å²) in [6.45, 7) is 2.00. The zero-order chi connectivity index (χ0) is 13.9. The molecule has 1 unspecified atom stereocenters. The zero-order valence-corrected chi connectivity index (χ0v) is 10.7. The van der Waals surface area contributed by atoms with Crippen LogP contribution in [0, 0.1) is 23.0 Å². The molecule has 0 radical (unpaired) electrons. The lowest BCUT2D eigenvalue weighted by atomic mass is 10.0. The summed E-state index contributed by atoms with van der Waals surface area (Å²) < 4.78 is 31.3. The van der Waals surface area contributed by atoms with Gasteiger partial charge in [0.1, 0.15) is 11.4 Å². The van der Waals surface area contributed by atoms with Crippen LogP contribution in [0.25, 0.3) is 0 Å². The van der Waals surface area contributed by atoms with E-state index in [1.165, 1.54) is 6.07 Å². The van der Waals surface area contributed by atoms with Crippen molar-refractivity contribution in [2.45, 2.75) is 37.8 Å². The summed E-state index contributed by atoms with van der Waals surface area (Å²) >= 11 is 0. The van der Waals surface area contributed by atoms with E-state index in [1.54, 1.807) is 6.92 Å². The van der Waals surface area contributed by atoms with Crippen LogP contribution in [0.2, 0.25) is 0 Å². The molecule has 102 valence electrons. The highest BCUT2D eigenvalue weighted by Crippen LogP contribution is 2.24. The molecule has 1 aliphatic carbocycles. The minimum Gasteiger partial charge on any atom is -0.490 e. The highest BCUT2D eigenvalue weighted by Gasteiger charge is 2.32. The number of benzene rings is 1. The van der Waals surface area contributed by atoms with Gasteiger partial charge < -0.3 is 4.74 Å². The molecule has 3 nitrogen and oxygen atoms in total. The van der Waals surface area contributed by atoms with Gasteiger partial charge in [-0.05, 0) is 31.9 Å². The van der Waals surface area contributed by atoms with Crippen LogP contribution < -0.4 is 10.1 Å². The summed E-state index contributed by atoms with van der Waals surface area (Å²) in [5.41, 5.74) is -0.669. The van der Waals surface area contributed by atoms with Crippen molar-refractivity contribution in [1.82, 2.24) is 5.32 Å². The second-order valence-corrected chi connectivity index (χ2v) is 5.04. The normalized spacial score (nSPS) is 17.6. The van der Waals surface area contributed by atoms with Crippen LogP contribution in [0.15, 0.2) is 18.2 Å². The summed E-state index contributed by atoms with van der Waals surface area (Å²) in [7, 11) is 0. The number of nitrogens with zero attached hydrogens (tertiary/aromatic N) is 1. The van der Waals surface area contributed by atoms with E-state index < -0.39 is 17.2 Å². The minimum absolute atomic E-state index is 0.00751. The van der Waals surface area contributed by atoms with Crippen LogP contribution in [0.5, 0.6) is 5.75 Å². The van der Waals surface area contributed by atoms with Crippen LogP contribution in [-0.2, 0) is 0 Å². The Bertz CT molecular complexity index is 497. The van der Waals surface area contributed by atoms with Gasteiger partial charge in [-0.15, -0.1) is 0 Å². The van der Waals surface area contributed by atoms with Crippen LogP contribution in [0.4, 0.5) is 8.78 Å². The molecule has 1 saturated carbocycles. The van der Waals surface area contributed by atoms with Crippen LogP contribution in [0.3, 0.4) is 0 Å².